The second-order valence-corrected chi connectivity index (χ2v) is 10.1. The van der Waals surface area contributed by atoms with Crippen molar-refractivity contribution in [2.75, 3.05) is 34.2 Å². The molecular formula is C25H34O9. The lowest BCUT2D eigenvalue weighted by molar-refractivity contribution is -0.213. The number of furan rings is 1. The minimum Gasteiger partial charge on any atom is -0.472 e. The van der Waals surface area contributed by atoms with E-state index in [1.807, 2.05) is 13.8 Å². The maximum absolute atomic E-state index is 14.0. The molecule has 9 heteroatoms. The summed E-state index contributed by atoms with van der Waals surface area (Å²) in [6, 6.07) is 1.77. The first kappa shape index (κ1) is 24.9. The van der Waals surface area contributed by atoms with Crippen molar-refractivity contribution in [3.8, 4) is 0 Å². The van der Waals surface area contributed by atoms with Crippen LogP contribution in [0.1, 0.15) is 51.2 Å². The lowest BCUT2D eigenvalue weighted by Crippen LogP contribution is -2.64. The Labute approximate surface area is 199 Å². The predicted octanol–water partition coefficient (Wildman–Crippen LogP) is 3.07. The highest BCUT2D eigenvalue weighted by Gasteiger charge is 2.67. The maximum Gasteiger partial charge on any atom is 0.310 e. The topological polar surface area (TPSA) is 110 Å². The molecule has 1 aromatic heterocycles. The highest BCUT2D eigenvalue weighted by Crippen LogP contribution is 2.65. The molecule has 3 aliphatic rings. The van der Waals surface area contributed by atoms with Gasteiger partial charge in [-0.2, -0.15) is 0 Å². The van der Waals surface area contributed by atoms with E-state index in [-0.39, 0.29) is 30.9 Å². The molecular weight excluding hydrogens is 444 g/mol. The van der Waals surface area contributed by atoms with Crippen LogP contribution in [-0.2, 0) is 38.1 Å². The third-order valence-electron chi connectivity index (χ3n) is 8.29. The lowest BCUT2D eigenvalue weighted by Gasteiger charge is -2.61. The van der Waals surface area contributed by atoms with E-state index < -0.39 is 40.8 Å². The first-order valence-corrected chi connectivity index (χ1v) is 11.8. The van der Waals surface area contributed by atoms with Gasteiger partial charge in [0.15, 0.2) is 5.78 Å². The molecule has 4 rings (SSSR count). The van der Waals surface area contributed by atoms with E-state index in [1.165, 1.54) is 13.4 Å². The monoisotopic (exact) mass is 478 g/mol. The highest BCUT2D eigenvalue weighted by atomic mass is 16.7. The molecule has 0 N–H and O–H groups in total. The van der Waals surface area contributed by atoms with E-state index in [4.69, 9.17) is 28.1 Å². The van der Waals surface area contributed by atoms with E-state index in [9.17, 15) is 14.4 Å². The van der Waals surface area contributed by atoms with Gasteiger partial charge in [-0.1, -0.05) is 13.8 Å². The van der Waals surface area contributed by atoms with Crippen molar-refractivity contribution in [2.45, 2.75) is 51.7 Å². The summed E-state index contributed by atoms with van der Waals surface area (Å²) in [5, 5.41) is 0. The smallest absolute Gasteiger partial charge is 0.310 e. The van der Waals surface area contributed by atoms with Crippen LogP contribution in [0.25, 0.3) is 0 Å². The second-order valence-electron chi connectivity index (χ2n) is 10.1. The molecule has 3 fully saturated rings. The molecule has 0 radical (unpaired) electrons. The number of ketones is 1. The van der Waals surface area contributed by atoms with Gasteiger partial charge >= 0.3 is 11.9 Å². The van der Waals surface area contributed by atoms with E-state index >= 15 is 0 Å². The van der Waals surface area contributed by atoms with Crippen LogP contribution in [0.5, 0.6) is 0 Å². The first-order valence-electron chi connectivity index (χ1n) is 11.8. The summed E-state index contributed by atoms with van der Waals surface area (Å²) in [5.74, 6) is -2.32. The lowest BCUT2D eigenvalue weighted by atomic mass is 9.43. The molecule has 2 saturated carbocycles. The van der Waals surface area contributed by atoms with E-state index in [0.717, 1.165) is 5.56 Å². The van der Waals surface area contributed by atoms with Gasteiger partial charge < -0.3 is 28.1 Å². The summed E-state index contributed by atoms with van der Waals surface area (Å²) in [7, 11) is 2.93. The first-order chi connectivity index (χ1) is 16.3. The van der Waals surface area contributed by atoms with Crippen molar-refractivity contribution in [3.05, 3.63) is 24.2 Å². The minimum atomic E-state index is -0.828. The fourth-order valence-electron chi connectivity index (χ4n) is 6.64. The Hall–Kier alpha value is -2.23. The van der Waals surface area contributed by atoms with E-state index in [0.29, 0.717) is 32.5 Å². The molecule has 188 valence electrons. The Balaban J connectivity index is 1.67. The molecule has 34 heavy (non-hydrogen) atoms. The van der Waals surface area contributed by atoms with Gasteiger partial charge in [0, 0.05) is 18.6 Å². The molecule has 1 aromatic rings. The second kappa shape index (κ2) is 9.79. The molecule has 7 atom stereocenters. The Morgan fingerprint density at radius 3 is 2.65 bits per heavy atom. The highest BCUT2D eigenvalue weighted by molar-refractivity contribution is 5.92. The van der Waals surface area contributed by atoms with Crippen LogP contribution in [0.4, 0.5) is 0 Å². The van der Waals surface area contributed by atoms with Gasteiger partial charge in [0.1, 0.15) is 19.0 Å². The van der Waals surface area contributed by atoms with Crippen molar-refractivity contribution in [2.24, 2.45) is 28.6 Å². The van der Waals surface area contributed by atoms with Gasteiger partial charge in [-0.3, -0.25) is 14.4 Å². The summed E-state index contributed by atoms with van der Waals surface area (Å²) in [4.78, 5) is 40.0. The van der Waals surface area contributed by atoms with Crippen LogP contribution in [-0.4, -0.2) is 58.1 Å². The summed E-state index contributed by atoms with van der Waals surface area (Å²) in [5.41, 5.74) is -0.621. The Morgan fingerprint density at radius 2 is 1.97 bits per heavy atom. The van der Waals surface area contributed by atoms with Crippen molar-refractivity contribution in [1.29, 1.82) is 0 Å². The van der Waals surface area contributed by atoms with E-state index in [2.05, 4.69) is 0 Å². The number of hydrogen-bond acceptors (Lipinski definition) is 9. The quantitative estimate of drug-likeness (QED) is 0.316. The number of Topliss-reactive ketones (excluding diaryl/α,β-unsaturated/α-hetero) is 1. The molecule has 0 amide bonds. The van der Waals surface area contributed by atoms with E-state index in [1.54, 1.807) is 19.4 Å². The molecule has 0 unspecified atom stereocenters. The fraction of sp³-hybridized carbons (Fsp3) is 0.720. The van der Waals surface area contributed by atoms with Gasteiger partial charge in [-0.15, -0.1) is 0 Å². The third kappa shape index (κ3) is 4.18. The number of rotatable bonds is 8. The Bertz CT molecular complexity index is 896. The maximum atomic E-state index is 14.0. The zero-order valence-electron chi connectivity index (χ0n) is 20.2. The number of carbonyl (C=O) groups is 3. The largest absolute Gasteiger partial charge is 0.472 e. The van der Waals surface area contributed by atoms with Crippen molar-refractivity contribution in [1.82, 2.24) is 0 Å². The summed E-state index contributed by atoms with van der Waals surface area (Å²) in [6.07, 6.45) is 3.53. The fourth-order valence-corrected chi connectivity index (χ4v) is 6.64. The SMILES string of the molecule is COCCOCO[C@H]1C[C@@H](C(=O)OC)[C@]2(C)CC[C@H]3C(=O)O[C@H](c4ccoc4)C[C@]3(C)[C@H]2C1=O. The number of cyclic esters (lactones) is 1. The number of hydrogen-bond donors (Lipinski definition) is 0. The summed E-state index contributed by atoms with van der Waals surface area (Å²) < 4.78 is 32.4. The number of esters is 2. The molecule has 1 aliphatic heterocycles. The zero-order chi connectivity index (χ0) is 24.5. The van der Waals surface area contributed by atoms with Crippen LogP contribution in [0.3, 0.4) is 0 Å². The number of fused-ring (bicyclic) bond motifs is 3. The van der Waals surface area contributed by atoms with Crippen molar-refractivity contribution in [3.63, 3.8) is 0 Å². The molecule has 0 aromatic carbocycles. The van der Waals surface area contributed by atoms with Gasteiger partial charge in [-0.05, 0) is 42.6 Å². The predicted molar refractivity (Wildman–Crippen MR) is 117 cm³/mol. The number of carbonyl (C=O) groups excluding carboxylic acids is 3. The minimum absolute atomic E-state index is 0.0864. The Kier molecular flexibility index (Phi) is 7.17. The summed E-state index contributed by atoms with van der Waals surface area (Å²) >= 11 is 0. The average molecular weight is 479 g/mol. The van der Waals surface area contributed by atoms with Gasteiger partial charge in [0.05, 0.1) is 44.7 Å². The Morgan fingerprint density at radius 1 is 1.18 bits per heavy atom. The number of ether oxygens (including phenoxy) is 5. The molecule has 9 nitrogen and oxygen atoms in total. The van der Waals surface area contributed by atoms with Gasteiger partial charge in [0.25, 0.3) is 0 Å². The molecule has 2 heterocycles. The van der Waals surface area contributed by atoms with Gasteiger partial charge in [-0.25, -0.2) is 0 Å². The number of methoxy groups -OCH3 is 2. The zero-order valence-corrected chi connectivity index (χ0v) is 20.2. The third-order valence-corrected chi connectivity index (χ3v) is 8.29. The van der Waals surface area contributed by atoms with Crippen LogP contribution in [0.2, 0.25) is 0 Å². The standard InChI is InChI=1S/C25H34O9/c1-24-7-5-16-23(28)34-19(15-6-8-31-13-15)12-25(16,2)21(24)20(26)18(11-17(24)22(27)30-4)33-14-32-10-9-29-3/h6,8,13,16-19,21H,5,7,9-12,14H2,1-4H3/t16-,17-,18-,19-,21-,24-,25-/m0/s1. The molecule has 0 spiro atoms. The normalized spacial score (nSPS) is 37.5. The van der Waals surface area contributed by atoms with Crippen LogP contribution in [0, 0.1) is 28.6 Å². The molecule has 0 bridgehead atoms. The average Bonchev–Trinajstić information content (AvgIpc) is 3.34. The van der Waals surface area contributed by atoms with Gasteiger partial charge in [0.2, 0.25) is 0 Å². The molecule has 1 saturated heterocycles. The van der Waals surface area contributed by atoms with Crippen LogP contribution < -0.4 is 0 Å². The van der Waals surface area contributed by atoms with Crippen molar-refractivity contribution < 1.29 is 42.5 Å². The van der Waals surface area contributed by atoms with Crippen LogP contribution >= 0.6 is 0 Å². The summed E-state index contributed by atoms with van der Waals surface area (Å²) in [6.45, 7) is 4.62. The van der Waals surface area contributed by atoms with Crippen molar-refractivity contribution >= 4 is 17.7 Å². The van der Waals surface area contributed by atoms with Crippen LogP contribution in [0.15, 0.2) is 23.0 Å². The molecule has 2 aliphatic carbocycles.